The number of H-pyrrole nitrogens is 1. The van der Waals surface area contributed by atoms with Gasteiger partial charge in [-0.2, -0.15) is 5.10 Å². The Kier molecular flexibility index (Phi) is 4.57. The number of likely N-dealkylation sites (tertiary alicyclic amines) is 1. The first-order chi connectivity index (χ1) is 13.1. The summed E-state index contributed by atoms with van der Waals surface area (Å²) in [6.45, 7) is 1.54. The first-order valence-electron chi connectivity index (χ1n) is 8.82. The van der Waals surface area contributed by atoms with Crippen molar-refractivity contribution in [3.63, 3.8) is 0 Å². The van der Waals surface area contributed by atoms with Crippen molar-refractivity contribution < 1.29 is 4.79 Å². The number of nitrogens with one attached hydrogen (secondary N) is 1. The molecule has 0 unspecified atom stereocenters. The zero-order chi connectivity index (χ0) is 18.8. The first-order valence-corrected chi connectivity index (χ1v) is 8.82. The predicted molar refractivity (Wildman–Crippen MR) is 102 cm³/mol. The Morgan fingerprint density at radius 3 is 2.81 bits per heavy atom. The SMILES string of the molecule is CN(C)[C@@H]1CCN(C(=O)c2ccc3n[nH]c(C#Cc4cncnc4)c3c2)C1. The molecule has 1 aromatic carbocycles. The molecule has 1 fully saturated rings. The molecule has 136 valence electrons. The largest absolute Gasteiger partial charge is 0.337 e. The van der Waals surface area contributed by atoms with Crippen LogP contribution in [-0.2, 0) is 0 Å². The molecule has 0 aliphatic carbocycles. The van der Waals surface area contributed by atoms with Crippen LogP contribution >= 0.6 is 0 Å². The van der Waals surface area contributed by atoms with Crippen LogP contribution in [0.25, 0.3) is 10.9 Å². The fraction of sp³-hybridized carbons (Fsp3) is 0.300. The van der Waals surface area contributed by atoms with Crippen LogP contribution in [0.5, 0.6) is 0 Å². The second-order valence-corrected chi connectivity index (χ2v) is 6.86. The summed E-state index contributed by atoms with van der Waals surface area (Å²) in [7, 11) is 4.11. The molecule has 7 heteroatoms. The van der Waals surface area contributed by atoms with Gasteiger partial charge in [0.25, 0.3) is 5.91 Å². The van der Waals surface area contributed by atoms with Crippen LogP contribution in [0.15, 0.2) is 36.9 Å². The van der Waals surface area contributed by atoms with Gasteiger partial charge in [0.05, 0.1) is 11.1 Å². The summed E-state index contributed by atoms with van der Waals surface area (Å²) >= 11 is 0. The van der Waals surface area contributed by atoms with E-state index in [0.29, 0.717) is 17.3 Å². The molecule has 1 amide bonds. The van der Waals surface area contributed by atoms with E-state index in [1.165, 1.54) is 6.33 Å². The number of rotatable bonds is 2. The lowest BCUT2D eigenvalue weighted by Gasteiger charge is -2.20. The Morgan fingerprint density at radius 2 is 2.07 bits per heavy atom. The van der Waals surface area contributed by atoms with Gasteiger partial charge in [-0.25, -0.2) is 9.97 Å². The van der Waals surface area contributed by atoms with Gasteiger partial charge in [0.1, 0.15) is 12.0 Å². The van der Waals surface area contributed by atoms with Crippen LogP contribution in [0.3, 0.4) is 0 Å². The number of aromatic amines is 1. The van der Waals surface area contributed by atoms with Crippen LogP contribution in [-0.4, -0.2) is 69.1 Å². The maximum atomic E-state index is 12.9. The fourth-order valence-electron chi connectivity index (χ4n) is 3.27. The van der Waals surface area contributed by atoms with E-state index in [1.54, 1.807) is 12.4 Å². The zero-order valence-electron chi connectivity index (χ0n) is 15.3. The molecule has 3 aromatic rings. The Balaban J connectivity index is 1.61. The third kappa shape index (κ3) is 3.52. The highest BCUT2D eigenvalue weighted by molar-refractivity contribution is 5.99. The van der Waals surface area contributed by atoms with Gasteiger partial charge in [-0.3, -0.25) is 9.89 Å². The smallest absolute Gasteiger partial charge is 0.253 e. The van der Waals surface area contributed by atoms with E-state index < -0.39 is 0 Å². The number of amides is 1. The molecule has 1 atom stereocenters. The Morgan fingerprint density at radius 1 is 1.26 bits per heavy atom. The van der Waals surface area contributed by atoms with Gasteiger partial charge in [-0.05, 0) is 44.6 Å². The molecule has 3 heterocycles. The summed E-state index contributed by atoms with van der Waals surface area (Å²) in [6, 6.07) is 5.98. The molecule has 1 N–H and O–H groups in total. The average molecular weight is 360 g/mol. The topological polar surface area (TPSA) is 78.0 Å². The quantitative estimate of drug-likeness (QED) is 0.701. The van der Waals surface area contributed by atoms with Gasteiger partial charge in [-0.1, -0.05) is 5.92 Å². The molecule has 0 saturated carbocycles. The molecular formula is C20H20N6O. The lowest BCUT2D eigenvalue weighted by molar-refractivity contribution is 0.0783. The number of hydrogen-bond acceptors (Lipinski definition) is 5. The highest BCUT2D eigenvalue weighted by atomic mass is 16.2. The molecule has 1 saturated heterocycles. The summed E-state index contributed by atoms with van der Waals surface area (Å²) in [6.07, 6.45) is 5.78. The van der Waals surface area contributed by atoms with E-state index in [2.05, 4.69) is 51.0 Å². The number of benzene rings is 1. The summed E-state index contributed by atoms with van der Waals surface area (Å²) in [4.78, 5) is 24.9. The van der Waals surface area contributed by atoms with Gasteiger partial charge in [0.15, 0.2) is 0 Å². The third-order valence-electron chi connectivity index (χ3n) is 4.87. The molecule has 7 nitrogen and oxygen atoms in total. The standard InChI is InChI=1S/C20H20N6O/c1-25(2)16-7-8-26(12-16)20(27)15-4-6-19-17(9-15)18(23-24-19)5-3-14-10-21-13-22-11-14/h4,6,9-11,13,16H,7-8,12H2,1-2H3,(H,23,24)/t16-/m1/s1. The Bertz CT molecular complexity index is 1030. The lowest BCUT2D eigenvalue weighted by Crippen LogP contribution is -2.34. The van der Waals surface area contributed by atoms with E-state index in [-0.39, 0.29) is 5.91 Å². The van der Waals surface area contributed by atoms with E-state index in [9.17, 15) is 4.79 Å². The minimum absolute atomic E-state index is 0.0535. The number of likely N-dealkylation sites (N-methyl/N-ethyl adjacent to an activating group) is 1. The summed E-state index contributed by atoms with van der Waals surface area (Å²) in [5.74, 6) is 6.13. The van der Waals surface area contributed by atoms with Crippen LogP contribution in [0.2, 0.25) is 0 Å². The zero-order valence-corrected chi connectivity index (χ0v) is 15.3. The van der Waals surface area contributed by atoms with Crippen molar-refractivity contribution in [2.75, 3.05) is 27.2 Å². The van der Waals surface area contributed by atoms with Gasteiger partial charge < -0.3 is 9.80 Å². The third-order valence-corrected chi connectivity index (χ3v) is 4.87. The van der Waals surface area contributed by atoms with Crippen molar-refractivity contribution >= 4 is 16.8 Å². The van der Waals surface area contributed by atoms with E-state index >= 15 is 0 Å². The molecule has 27 heavy (non-hydrogen) atoms. The minimum Gasteiger partial charge on any atom is -0.337 e. The number of hydrogen-bond donors (Lipinski definition) is 1. The predicted octanol–water partition coefficient (Wildman–Crippen LogP) is 1.53. The molecule has 0 spiro atoms. The molecule has 2 aromatic heterocycles. The number of carbonyl (C=O) groups excluding carboxylic acids is 1. The van der Waals surface area contributed by atoms with Crippen molar-refractivity contribution in [1.29, 1.82) is 0 Å². The van der Waals surface area contributed by atoms with Crippen molar-refractivity contribution in [2.45, 2.75) is 12.5 Å². The lowest BCUT2D eigenvalue weighted by atomic mass is 10.1. The molecule has 4 rings (SSSR count). The van der Waals surface area contributed by atoms with Crippen molar-refractivity contribution in [2.24, 2.45) is 0 Å². The normalized spacial score (nSPS) is 16.6. The Hall–Kier alpha value is -3.24. The van der Waals surface area contributed by atoms with Gasteiger partial charge in [0.2, 0.25) is 0 Å². The molecule has 1 aliphatic rings. The number of aromatic nitrogens is 4. The van der Waals surface area contributed by atoms with E-state index in [0.717, 1.165) is 36.0 Å². The highest BCUT2D eigenvalue weighted by Crippen LogP contribution is 2.21. The van der Waals surface area contributed by atoms with Crippen molar-refractivity contribution in [3.05, 3.63) is 53.7 Å². The maximum Gasteiger partial charge on any atom is 0.253 e. The molecule has 0 radical (unpaired) electrons. The van der Waals surface area contributed by atoms with Crippen LogP contribution in [0, 0.1) is 11.8 Å². The summed E-state index contributed by atoms with van der Waals surface area (Å²) in [5.41, 5.74) is 2.84. The molecule has 1 aliphatic heterocycles. The fourth-order valence-corrected chi connectivity index (χ4v) is 3.27. The van der Waals surface area contributed by atoms with Crippen LogP contribution in [0.4, 0.5) is 0 Å². The molecular weight excluding hydrogens is 340 g/mol. The second-order valence-electron chi connectivity index (χ2n) is 6.86. The van der Waals surface area contributed by atoms with Crippen LogP contribution in [0.1, 0.15) is 28.0 Å². The van der Waals surface area contributed by atoms with Gasteiger partial charge >= 0.3 is 0 Å². The Labute approximate surface area is 157 Å². The van der Waals surface area contributed by atoms with Crippen molar-refractivity contribution in [3.8, 4) is 11.8 Å². The van der Waals surface area contributed by atoms with E-state index in [4.69, 9.17) is 0 Å². The summed E-state index contributed by atoms with van der Waals surface area (Å²) < 4.78 is 0. The second kappa shape index (κ2) is 7.17. The van der Waals surface area contributed by atoms with Gasteiger partial charge in [0, 0.05) is 42.5 Å². The van der Waals surface area contributed by atoms with Crippen molar-refractivity contribution in [1.82, 2.24) is 30.0 Å². The monoisotopic (exact) mass is 360 g/mol. The number of fused-ring (bicyclic) bond motifs is 1. The summed E-state index contributed by atoms with van der Waals surface area (Å²) in [5, 5.41) is 8.06. The number of nitrogens with zero attached hydrogens (tertiary/aromatic N) is 5. The number of carbonyl (C=O) groups is 1. The van der Waals surface area contributed by atoms with Crippen LogP contribution < -0.4 is 0 Å². The first kappa shape index (κ1) is 17.2. The van der Waals surface area contributed by atoms with E-state index in [1.807, 2.05) is 23.1 Å². The maximum absolute atomic E-state index is 12.9. The average Bonchev–Trinajstić information content (AvgIpc) is 3.34. The highest BCUT2D eigenvalue weighted by Gasteiger charge is 2.28. The molecule has 0 bridgehead atoms. The van der Waals surface area contributed by atoms with Gasteiger partial charge in [-0.15, -0.1) is 0 Å². The minimum atomic E-state index is 0.0535.